The number of thiophene rings is 1. The normalized spacial score (nSPS) is 9.78. The van der Waals surface area contributed by atoms with Crippen molar-refractivity contribution >= 4 is 23.0 Å². The standard InChI is InChI=1S/C13H9NO3S/c1-14-9-7-8(3-4-10(9)15)11-5-6-12(18-11)13(16)17-2/h3-7,15H,2H3. The fraction of sp³-hybridized carbons (Fsp3) is 0.0769. The van der Waals surface area contributed by atoms with Crippen molar-refractivity contribution in [2.75, 3.05) is 7.11 Å². The molecule has 0 aliphatic rings. The zero-order chi connectivity index (χ0) is 13.1. The minimum absolute atomic E-state index is 0.0431. The molecule has 0 radical (unpaired) electrons. The molecular formula is C13H9NO3S. The van der Waals surface area contributed by atoms with Crippen molar-refractivity contribution in [2.24, 2.45) is 0 Å². The van der Waals surface area contributed by atoms with Crippen molar-refractivity contribution in [2.45, 2.75) is 0 Å². The van der Waals surface area contributed by atoms with Crippen LogP contribution >= 0.6 is 11.3 Å². The molecule has 1 N–H and O–H groups in total. The van der Waals surface area contributed by atoms with Gasteiger partial charge < -0.3 is 9.84 Å². The molecule has 0 saturated carbocycles. The maximum Gasteiger partial charge on any atom is 0.348 e. The van der Waals surface area contributed by atoms with E-state index in [4.69, 9.17) is 6.57 Å². The Morgan fingerprint density at radius 1 is 1.39 bits per heavy atom. The van der Waals surface area contributed by atoms with Gasteiger partial charge in [-0.25, -0.2) is 9.64 Å². The summed E-state index contributed by atoms with van der Waals surface area (Å²) in [7, 11) is 1.33. The number of aromatic hydroxyl groups is 1. The number of hydrogen-bond acceptors (Lipinski definition) is 4. The summed E-state index contributed by atoms with van der Waals surface area (Å²) in [4.78, 5) is 15.9. The number of phenols is 1. The number of methoxy groups -OCH3 is 1. The lowest BCUT2D eigenvalue weighted by Gasteiger charge is -2.00. The van der Waals surface area contributed by atoms with Gasteiger partial charge in [0.05, 0.1) is 13.7 Å². The van der Waals surface area contributed by atoms with Crippen molar-refractivity contribution in [1.82, 2.24) is 0 Å². The third-order valence-electron chi connectivity index (χ3n) is 2.37. The van der Waals surface area contributed by atoms with E-state index in [1.807, 2.05) is 0 Å². The van der Waals surface area contributed by atoms with Gasteiger partial charge in [-0.15, -0.1) is 11.3 Å². The topological polar surface area (TPSA) is 50.9 Å². The number of carbonyl (C=O) groups excluding carboxylic acids is 1. The molecule has 0 aliphatic carbocycles. The smallest absolute Gasteiger partial charge is 0.348 e. The third-order valence-corrected chi connectivity index (χ3v) is 3.49. The van der Waals surface area contributed by atoms with Gasteiger partial charge >= 0.3 is 5.97 Å². The number of rotatable bonds is 2. The van der Waals surface area contributed by atoms with E-state index in [2.05, 4.69) is 9.58 Å². The van der Waals surface area contributed by atoms with E-state index >= 15 is 0 Å². The molecule has 1 aromatic heterocycles. The molecule has 4 nitrogen and oxygen atoms in total. The number of ether oxygens (including phenoxy) is 1. The number of phenolic OH excluding ortho intramolecular Hbond substituents is 1. The highest BCUT2D eigenvalue weighted by molar-refractivity contribution is 7.17. The Morgan fingerprint density at radius 2 is 2.17 bits per heavy atom. The summed E-state index contributed by atoms with van der Waals surface area (Å²) in [6.45, 7) is 6.94. The van der Waals surface area contributed by atoms with Crippen LogP contribution in [0.1, 0.15) is 9.67 Å². The first-order valence-corrected chi connectivity index (χ1v) is 5.86. The molecule has 0 bridgehead atoms. The monoisotopic (exact) mass is 259 g/mol. The largest absolute Gasteiger partial charge is 0.519 e. The van der Waals surface area contributed by atoms with Gasteiger partial charge in [0, 0.05) is 4.88 Å². The second-order valence-corrected chi connectivity index (χ2v) is 4.55. The summed E-state index contributed by atoms with van der Waals surface area (Å²) in [5, 5.41) is 9.43. The predicted octanol–water partition coefficient (Wildman–Crippen LogP) is 3.46. The number of carbonyl (C=O) groups is 1. The minimum atomic E-state index is -0.379. The summed E-state index contributed by atoms with van der Waals surface area (Å²) < 4.78 is 4.63. The SMILES string of the molecule is [C-]#[N+]c1cc(-c2ccc(C(=O)OC)s2)ccc1O. The van der Waals surface area contributed by atoms with Gasteiger partial charge in [-0.3, -0.25) is 0 Å². The first-order chi connectivity index (χ1) is 8.65. The lowest BCUT2D eigenvalue weighted by molar-refractivity contribution is 0.0606. The average Bonchev–Trinajstić information content (AvgIpc) is 2.88. The molecule has 0 fully saturated rings. The zero-order valence-electron chi connectivity index (χ0n) is 9.51. The number of benzene rings is 1. The molecule has 0 unspecified atom stereocenters. The predicted molar refractivity (Wildman–Crippen MR) is 69.0 cm³/mol. The Hall–Kier alpha value is -2.32. The molecular weight excluding hydrogens is 250 g/mol. The molecule has 5 heteroatoms. The van der Waals surface area contributed by atoms with E-state index in [0.29, 0.717) is 4.88 Å². The molecule has 0 saturated heterocycles. The number of esters is 1. The highest BCUT2D eigenvalue weighted by atomic mass is 32.1. The van der Waals surface area contributed by atoms with Crippen molar-refractivity contribution in [1.29, 1.82) is 0 Å². The lowest BCUT2D eigenvalue weighted by Crippen LogP contribution is -1.96. The first-order valence-electron chi connectivity index (χ1n) is 5.04. The second-order valence-electron chi connectivity index (χ2n) is 3.47. The Morgan fingerprint density at radius 3 is 2.83 bits per heavy atom. The van der Waals surface area contributed by atoms with Crippen LogP contribution in [0, 0.1) is 6.57 Å². The number of hydrogen-bond donors (Lipinski definition) is 1. The van der Waals surface area contributed by atoms with Gasteiger partial charge in [-0.05, 0) is 29.8 Å². The fourth-order valence-corrected chi connectivity index (χ4v) is 2.39. The van der Waals surface area contributed by atoms with E-state index in [0.717, 1.165) is 10.4 Å². The van der Waals surface area contributed by atoms with Gasteiger partial charge in [0.2, 0.25) is 5.69 Å². The van der Waals surface area contributed by atoms with E-state index in [1.54, 1.807) is 24.3 Å². The summed E-state index contributed by atoms with van der Waals surface area (Å²) >= 11 is 1.28. The quantitative estimate of drug-likeness (QED) is 0.663. The van der Waals surface area contributed by atoms with E-state index in [9.17, 15) is 9.90 Å². The molecule has 2 rings (SSSR count). The van der Waals surface area contributed by atoms with Crippen LogP contribution in [0.15, 0.2) is 30.3 Å². The first kappa shape index (κ1) is 12.1. The molecule has 1 aromatic carbocycles. The minimum Gasteiger partial charge on any atom is -0.519 e. The summed E-state index contributed by atoms with van der Waals surface area (Å²) in [5.41, 5.74) is 0.986. The Balaban J connectivity index is 2.41. The van der Waals surface area contributed by atoms with E-state index in [-0.39, 0.29) is 17.4 Å². The molecule has 1 heterocycles. The highest BCUT2D eigenvalue weighted by Crippen LogP contribution is 2.35. The maximum absolute atomic E-state index is 11.3. The van der Waals surface area contributed by atoms with E-state index in [1.165, 1.54) is 24.5 Å². The Labute approximate surface area is 108 Å². The molecule has 0 spiro atoms. The van der Waals surface area contributed by atoms with Gasteiger partial charge in [0.25, 0.3) is 0 Å². The third kappa shape index (κ3) is 2.19. The van der Waals surface area contributed by atoms with Crippen LogP contribution < -0.4 is 0 Å². The van der Waals surface area contributed by atoms with Crippen LogP contribution in [0.2, 0.25) is 0 Å². The van der Waals surface area contributed by atoms with Crippen LogP contribution in [0.5, 0.6) is 5.75 Å². The zero-order valence-corrected chi connectivity index (χ0v) is 10.3. The van der Waals surface area contributed by atoms with Crippen LogP contribution in [-0.4, -0.2) is 18.2 Å². The van der Waals surface area contributed by atoms with Gasteiger partial charge in [0.1, 0.15) is 10.6 Å². The molecule has 90 valence electrons. The molecule has 18 heavy (non-hydrogen) atoms. The van der Waals surface area contributed by atoms with Crippen LogP contribution in [0.4, 0.5) is 5.69 Å². The van der Waals surface area contributed by atoms with Crippen LogP contribution in [0.3, 0.4) is 0 Å². The van der Waals surface area contributed by atoms with Gasteiger partial charge in [-0.1, -0.05) is 6.07 Å². The summed E-state index contributed by atoms with van der Waals surface area (Å²) in [5.74, 6) is -0.422. The van der Waals surface area contributed by atoms with Crippen molar-refractivity contribution in [3.63, 3.8) is 0 Å². The Kier molecular flexibility index (Phi) is 3.31. The fourth-order valence-electron chi connectivity index (χ4n) is 1.47. The molecule has 0 amide bonds. The lowest BCUT2D eigenvalue weighted by atomic mass is 10.1. The maximum atomic E-state index is 11.3. The molecule has 2 aromatic rings. The van der Waals surface area contributed by atoms with Crippen LogP contribution in [-0.2, 0) is 4.74 Å². The van der Waals surface area contributed by atoms with Crippen molar-refractivity contribution < 1.29 is 14.6 Å². The van der Waals surface area contributed by atoms with Crippen molar-refractivity contribution in [3.8, 4) is 16.2 Å². The second kappa shape index (κ2) is 4.90. The molecule has 0 atom stereocenters. The van der Waals surface area contributed by atoms with Crippen LogP contribution in [0.25, 0.3) is 15.3 Å². The highest BCUT2D eigenvalue weighted by Gasteiger charge is 2.11. The summed E-state index contributed by atoms with van der Waals surface area (Å²) in [6, 6.07) is 8.24. The van der Waals surface area contributed by atoms with Gasteiger partial charge in [-0.2, -0.15) is 0 Å². The van der Waals surface area contributed by atoms with Gasteiger partial charge in [0.15, 0.2) is 0 Å². The molecule has 0 aliphatic heterocycles. The Bertz CT molecular complexity index is 640. The average molecular weight is 259 g/mol. The van der Waals surface area contributed by atoms with E-state index < -0.39 is 0 Å². The van der Waals surface area contributed by atoms with Crippen molar-refractivity contribution in [3.05, 3.63) is 46.6 Å². The summed E-state index contributed by atoms with van der Waals surface area (Å²) in [6.07, 6.45) is 0. The number of nitrogens with zero attached hydrogens (tertiary/aromatic N) is 1.